The molecule has 5 heteroatoms. The lowest BCUT2D eigenvalue weighted by Crippen LogP contribution is -2.09. The van der Waals surface area contributed by atoms with E-state index < -0.39 is 0 Å². The van der Waals surface area contributed by atoms with E-state index in [0.29, 0.717) is 16.5 Å². The number of rotatable bonds is 7. The number of aromatic nitrogens is 1. The van der Waals surface area contributed by atoms with Gasteiger partial charge in [0.2, 0.25) is 0 Å². The van der Waals surface area contributed by atoms with Crippen molar-refractivity contribution in [3.8, 4) is 5.69 Å². The maximum absolute atomic E-state index is 13.3. The molecule has 0 spiro atoms. The molecule has 9 rings (SSSR count). The number of hydrogen-bond donors (Lipinski definition) is 0. The van der Waals surface area contributed by atoms with Crippen molar-refractivity contribution >= 4 is 66.9 Å². The van der Waals surface area contributed by atoms with Crippen LogP contribution in [0.15, 0.2) is 191 Å². The number of aryl methyl sites for hydroxylation is 1. The molecule has 2 heterocycles. The molecular formula is C46H33N3O2. The number of para-hydroxylation sites is 4. The van der Waals surface area contributed by atoms with Gasteiger partial charge in [0.05, 0.1) is 22.7 Å². The van der Waals surface area contributed by atoms with Crippen molar-refractivity contribution in [1.82, 2.24) is 4.57 Å². The minimum Gasteiger partial charge on any atom is -0.464 e. The van der Waals surface area contributed by atoms with E-state index in [1.54, 1.807) is 6.92 Å². The van der Waals surface area contributed by atoms with E-state index in [1.807, 2.05) is 42.5 Å². The lowest BCUT2D eigenvalue weighted by atomic mass is 10.1. The molecule has 0 amide bonds. The molecule has 0 bridgehead atoms. The van der Waals surface area contributed by atoms with Crippen LogP contribution in [0.25, 0.3) is 38.5 Å². The molecule has 2 aromatic heterocycles. The number of benzene rings is 7. The third-order valence-corrected chi connectivity index (χ3v) is 9.49. The Morgan fingerprint density at radius 2 is 0.882 bits per heavy atom. The van der Waals surface area contributed by atoms with Crippen molar-refractivity contribution < 1.29 is 4.42 Å². The molecule has 7 aromatic carbocycles. The molecule has 0 aliphatic rings. The summed E-state index contributed by atoms with van der Waals surface area (Å²) in [7, 11) is 0. The van der Waals surface area contributed by atoms with E-state index in [9.17, 15) is 4.79 Å². The van der Waals surface area contributed by atoms with Gasteiger partial charge in [-0.3, -0.25) is 4.79 Å². The summed E-state index contributed by atoms with van der Waals surface area (Å²) in [6.07, 6.45) is 1.53. The Labute approximate surface area is 295 Å². The monoisotopic (exact) mass is 659 g/mol. The summed E-state index contributed by atoms with van der Waals surface area (Å²) >= 11 is 0. The Morgan fingerprint density at radius 1 is 0.451 bits per heavy atom. The third-order valence-electron chi connectivity index (χ3n) is 9.49. The molecule has 0 radical (unpaired) electrons. The van der Waals surface area contributed by atoms with Crippen molar-refractivity contribution in [3.05, 3.63) is 198 Å². The first-order valence-corrected chi connectivity index (χ1v) is 17.1. The molecule has 0 aliphatic heterocycles. The molecule has 0 saturated heterocycles. The zero-order chi connectivity index (χ0) is 34.3. The van der Waals surface area contributed by atoms with Crippen LogP contribution < -0.4 is 15.2 Å². The summed E-state index contributed by atoms with van der Waals surface area (Å²) in [6.45, 7) is 1.79. The van der Waals surface area contributed by atoms with Crippen molar-refractivity contribution in [2.75, 3.05) is 9.80 Å². The summed E-state index contributed by atoms with van der Waals surface area (Å²) < 4.78 is 8.06. The smallest absolute Gasteiger partial charge is 0.195 e. The van der Waals surface area contributed by atoms with E-state index in [0.717, 1.165) is 61.6 Å². The highest BCUT2D eigenvalue weighted by atomic mass is 16.3. The zero-order valence-electron chi connectivity index (χ0n) is 28.0. The van der Waals surface area contributed by atoms with Crippen LogP contribution in [-0.4, -0.2) is 4.57 Å². The van der Waals surface area contributed by atoms with E-state index in [2.05, 4.69) is 148 Å². The molecule has 0 fully saturated rings. The van der Waals surface area contributed by atoms with Gasteiger partial charge in [-0.2, -0.15) is 0 Å². The van der Waals surface area contributed by atoms with Crippen LogP contribution in [0.4, 0.5) is 34.1 Å². The van der Waals surface area contributed by atoms with Gasteiger partial charge in [-0.15, -0.1) is 0 Å². The molecule has 244 valence electrons. The van der Waals surface area contributed by atoms with Crippen LogP contribution in [0.1, 0.15) is 5.56 Å². The Morgan fingerprint density at radius 3 is 1.31 bits per heavy atom. The SMILES string of the molecule is Cc1coc2ccc(-n3c4ccc(N(c5ccccc5)c5ccccc5)cc4c4cc(N(c5ccccc5)c5ccccc5)ccc43)cc2c1=O. The fourth-order valence-corrected chi connectivity index (χ4v) is 7.11. The molecule has 51 heavy (non-hydrogen) atoms. The highest BCUT2D eigenvalue weighted by Crippen LogP contribution is 2.42. The second kappa shape index (κ2) is 12.6. The summed E-state index contributed by atoms with van der Waals surface area (Å²) in [5, 5.41) is 2.76. The predicted molar refractivity (Wildman–Crippen MR) is 211 cm³/mol. The second-order valence-corrected chi connectivity index (χ2v) is 12.7. The lowest BCUT2D eigenvalue weighted by Gasteiger charge is -2.26. The molecule has 0 atom stereocenters. The molecular weight excluding hydrogens is 627 g/mol. The highest BCUT2D eigenvalue weighted by Gasteiger charge is 2.20. The number of nitrogens with zero attached hydrogens (tertiary/aromatic N) is 3. The predicted octanol–water partition coefficient (Wildman–Crippen LogP) is 12.1. The number of hydrogen-bond acceptors (Lipinski definition) is 4. The van der Waals surface area contributed by atoms with Gasteiger partial charge in [-0.25, -0.2) is 0 Å². The fraction of sp³-hybridized carbons (Fsp3) is 0.0217. The average molecular weight is 660 g/mol. The zero-order valence-corrected chi connectivity index (χ0v) is 28.0. The van der Waals surface area contributed by atoms with E-state index >= 15 is 0 Å². The first-order chi connectivity index (χ1) is 25.1. The number of anilines is 6. The van der Waals surface area contributed by atoms with Gasteiger partial charge in [0.15, 0.2) is 5.43 Å². The van der Waals surface area contributed by atoms with Crippen molar-refractivity contribution in [3.63, 3.8) is 0 Å². The van der Waals surface area contributed by atoms with Gasteiger partial charge in [0.25, 0.3) is 0 Å². The van der Waals surface area contributed by atoms with E-state index in [4.69, 9.17) is 4.42 Å². The maximum Gasteiger partial charge on any atom is 0.195 e. The van der Waals surface area contributed by atoms with Crippen LogP contribution in [0, 0.1) is 6.92 Å². The summed E-state index contributed by atoms with van der Waals surface area (Å²) in [6, 6.07) is 61.0. The molecule has 9 aromatic rings. The normalized spacial score (nSPS) is 11.3. The van der Waals surface area contributed by atoms with Crippen LogP contribution in [0.3, 0.4) is 0 Å². The molecule has 5 nitrogen and oxygen atoms in total. The van der Waals surface area contributed by atoms with Crippen molar-refractivity contribution in [2.45, 2.75) is 6.92 Å². The number of fused-ring (bicyclic) bond motifs is 4. The summed E-state index contributed by atoms with van der Waals surface area (Å²) in [5.74, 6) is 0. The Kier molecular flexibility index (Phi) is 7.44. The lowest BCUT2D eigenvalue weighted by molar-refractivity contribution is 0.597. The first kappa shape index (κ1) is 30.2. The van der Waals surface area contributed by atoms with Crippen LogP contribution in [0.5, 0.6) is 0 Å². The maximum atomic E-state index is 13.3. The summed E-state index contributed by atoms with van der Waals surface area (Å²) in [4.78, 5) is 17.9. The standard InChI is InChI=1S/C46H33N3O2/c1-32-31-51-45-27-24-39(30-42(45)46(32)50)49-43-25-22-37(47(33-14-6-2-7-15-33)34-16-8-3-9-17-34)28-40(43)41-29-38(23-26-44(41)49)48(35-18-10-4-11-19-35)36-20-12-5-13-21-36/h2-31H,1H3. The summed E-state index contributed by atoms with van der Waals surface area (Å²) in [5.41, 5.74) is 10.5. The highest BCUT2D eigenvalue weighted by molar-refractivity contribution is 6.12. The van der Waals surface area contributed by atoms with E-state index in [-0.39, 0.29) is 5.43 Å². The van der Waals surface area contributed by atoms with Crippen molar-refractivity contribution in [2.24, 2.45) is 0 Å². The Balaban J connectivity index is 1.33. The molecule has 0 N–H and O–H groups in total. The van der Waals surface area contributed by atoms with Gasteiger partial charge in [0.1, 0.15) is 5.58 Å². The first-order valence-electron chi connectivity index (χ1n) is 17.1. The van der Waals surface area contributed by atoms with Crippen LogP contribution in [0.2, 0.25) is 0 Å². The minimum atomic E-state index is -0.0221. The largest absolute Gasteiger partial charge is 0.464 e. The van der Waals surface area contributed by atoms with Gasteiger partial charge < -0.3 is 18.8 Å². The van der Waals surface area contributed by atoms with E-state index in [1.165, 1.54) is 6.26 Å². The molecule has 0 aliphatic carbocycles. The van der Waals surface area contributed by atoms with Gasteiger partial charge >= 0.3 is 0 Å². The molecule has 0 unspecified atom stereocenters. The average Bonchev–Trinajstić information content (AvgIpc) is 3.51. The minimum absolute atomic E-state index is 0.0221. The van der Waals surface area contributed by atoms with Crippen LogP contribution >= 0.6 is 0 Å². The van der Waals surface area contributed by atoms with Gasteiger partial charge in [0, 0.05) is 56.1 Å². The van der Waals surface area contributed by atoms with Crippen molar-refractivity contribution in [1.29, 1.82) is 0 Å². The Bertz CT molecular complexity index is 2500. The second-order valence-electron chi connectivity index (χ2n) is 12.7. The fourth-order valence-electron chi connectivity index (χ4n) is 7.11. The van der Waals surface area contributed by atoms with Crippen LogP contribution in [-0.2, 0) is 0 Å². The van der Waals surface area contributed by atoms with Gasteiger partial charge in [-0.1, -0.05) is 72.8 Å². The van der Waals surface area contributed by atoms with Gasteiger partial charge in [-0.05, 0) is 110 Å². The topological polar surface area (TPSA) is 41.6 Å². The molecule has 0 saturated carbocycles. The third kappa shape index (κ3) is 5.32. The quantitative estimate of drug-likeness (QED) is 0.171. The Hall–Kier alpha value is -6.85.